The highest BCUT2D eigenvalue weighted by Gasteiger charge is 2.51. The van der Waals surface area contributed by atoms with Crippen LogP contribution in [0, 0.1) is 5.92 Å². The van der Waals surface area contributed by atoms with E-state index in [0.717, 1.165) is 24.3 Å². The molecule has 5 heteroatoms. The molecule has 4 nitrogen and oxygen atoms in total. The summed E-state index contributed by atoms with van der Waals surface area (Å²) in [5, 5.41) is 0.568. The van der Waals surface area contributed by atoms with Crippen molar-refractivity contribution >= 4 is 23.3 Å². The lowest BCUT2D eigenvalue weighted by molar-refractivity contribution is -0.137. The summed E-state index contributed by atoms with van der Waals surface area (Å²) in [7, 11) is 0. The molecule has 2 bridgehead atoms. The zero-order valence-electron chi connectivity index (χ0n) is 14.0. The van der Waals surface area contributed by atoms with E-state index in [0.29, 0.717) is 17.3 Å². The maximum Gasteiger partial charge on any atom is 0.205 e. The third-order valence-corrected chi connectivity index (χ3v) is 4.12. The van der Waals surface area contributed by atoms with E-state index in [-0.39, 0.29) is 12.3 Å². The fourth-order valence-corrected chi connectivity index (χ4v) is 3.20. The SMILES string of the molecule is CC(C)C.NCC1=NC2(c3ccccc3Cl)CCCC(O1)C2=O. The van der Waals surface area contributed by atoms with Gasteiger partial charge >= 0.3 is 0 Å². The van der Waals surface area contributed by atoms with Gasteiger partial charge in [0.15, 0.2) is 17.5 Å². The van der Waals surface area contributed by atoms with Crippen molar-refractivity contribution < 1.29 is 9.53 Å². The molecule has 0 saturated heterocycles. The van der Waals surface area contributed by atoms with E-state index in [2.05, 4.69) is 25.8 Å². The van der Waals surface area contributed by atoms with E-state index >= 15 is 0 Å². The topological polar surface area (TPSA) is 64.7 Å². The Kier molecular flexibility index (Phi) is 5.82. The van der Waals surface area contributed by atoms with E-state index in [1.54, 1.807) is 6.07 Å². The number of hydrogen-bond donors (Lipinski definition) is 1. The fraction of sp³-hybridized carbons (Fsp3) is 0.556. The predicted octanol–water partition coefficient (Wildman–Crippen LogP) is 3.71. The lowest BCUT2D eigenvalue weighted by Crippen LogP contribution is -2.52. The van der Waals surface area contributed by atoms with Gasteiger partial charge in [-0.15, -0.1) is 0 Å². The zero-order valence-corrected chi connectivity index (χ0v) is 14.8. The second-order valence-electron chi connectivity index (χ2n) is 6.64. The average Bonchev–Trinajstić information content (AvgIpc) is 2.47. The van der Waals surface area contributed by atoms with Gasteiger partial charge in [-0.25, -0.2) is 4.99 Å². The number of carbonyl (C=O) groups excluding carboxylic acids is 1. The van der Waals surface area contributed by atoms with Crippen LogP contribution < -0.4 is 5.73 Å². The van der Waals surface area contributed by atoms with Gasteiger partial charge in [0.2, 0.25) is 5.78 Å². The van der Waals surface area contributed by atoms with E-state index in [1.165, 1.54) is 0 Å². The molecule has 2 unspecified atom stereocenters. The molecular formula is C18H25ClN2O2. The van der Waals surface area contributed by atoms with Crippen LogP contribution in [0.4, 0.5) is 0 Å². The van der Waals surface area contributed by atoms with E-state index < -0.39 is 11.6 Å². The number of ketones is 1. The number of fused-ring (bicyclic) bond motifs is 2. The molecule has 2 aliphatic rings. The monoisotopic (exact) mass is 336 g/mol. The van der Waals surface area contributed by atoms with Crippen molar-refractivity contribution in [2.75, 3.05) is 6.54 Å². The Morgan fingerprint density at radius 1 is 1.39 bits per heavy atom. The van der Waals surface area contributed by atoms with Gasteiger partial charge in [-0.2, -0.15) is 0 Å². The van der Waals surface area contributed by atoms with Crippen LogP contribution in [0.15, 0.2) is 29.3 Å². The molecule has 1 heterocycles. The molecule has 0 amide bonds. The van der Waals surface area contributed by atoms with E-state index in [9.17, 15) is 4.79 Å². The Morgan fingerprint density at radius 2 is 2.04 bits per heavy atom. The number of benzene rings is 1. The molecule has 23 heavy (non-hydrogen) atoms. The minimum atomic E-state index is -0.895. The van der Waals surface area contributed by atoms with Crippen LogP contribution in [0.1, 0.15) is 45.6 Å². The molecule has 2 atom stereocenters. The summed E-state index contributed by atoms with van der Waals surface area (Å²) in [5.74, 6) is 1.29. The molecule has 1 aromatic carbocycles. The van der Waals surface area contributed by atoms with Gasteiger partial charge in [-0.05, 0) is 31.2 Å². The summed E-state index contributed by atoms with van der Waals surface area (Å²) >= 11 is 6.26. The normalized spacial score (nSPS) is 26.1. The average molecular weight is 337 g/mol. The molecule has 0 radical (unpaired) electrons. The minimum absolute atomic E-state index is 0.00375. The van der Waals surface area contributed by atoms with Crippen LogP contribution in [0.5, 0.6) is 0 Å². The van der Waals surface area contributed by atoms with Gasteiger partial charge in [-0.3, -0.25) is 4.79 Å². The molecule has 126 valence electrons. The summed E-state index contributed by atoms with van der Waals surface area (Å²) in [6, 6.07) is 7.38. The molecule has 1 fully saturated rings. The molecule has 1 aliphatic heterocycles. The smallest absolute Gasteiger partial charge is 0.205 e. The highest BCUT2D eigenvalue weighted by Crippen LogP contribution is 2.44. The van der Waals surface area contributed by atoms with Crippen molar-refractivity contribution in [3.05, 3.63) is 34.9 Å². The number of nitrogens with two attached hydrogens (primary N) is 1. The van der Waals surface area contributed by atoms with Crippen molar-refractivity contribution in [1.29, 1.82) is 0 Å². The Bertz CT molecular complexity index is 598. The van der Waals surface area contributed by atoms with Gasteiger partial charge in [0.25, 0.3) is 0 Å². The van der Waals surface area contributed by atoms with Crippen molar-refractivity contribution in [3.8, 4) is 0 Å². The second kappa shape index (κ2) is 7.45. The quantitative estimate of drug-likeness (QED) is 0.895. The number of carbonyl (C=O) groups is 1. The summed E-state index contributed by atoms with van der Waals surface area (Å²) in [5.41, 5.74) is 5.50. The van der Waals surface area contributed by atoms with Gasteiger partial charge < -0.3 is 10.5 Å². The van der Waals surface area contributed by atoms with Gasteiger partial charge in [0.05, 0.1) is 6.54 Å². The highest BCUT2D eigenvalue weighted by atomic mass is 35.5. The van der Waals surface area contributed by atoms with Crippen molar-refractivity contribution in [2.24, 2.45) is 16.6 Å². The Morgan fingerprint density at radius 3 is 2.65 bits per heavy atom. The van der Waals surface area contributed by atoms with Crippen molar-refractivity contribution in [3.63, 3.8) is 0 Å². The van der Waals surface area contributed by atoms with Crippen molar-refractivity contribution in [1.82, 2.24) is 0 Å². The third-order valence-electron chi connectivity index (χ3n) is 3.79. The highest BCUT2D eigenvalue weighted by molar-refractivity contribution is 6.32. The van der Waals surface area contributed by atoms with Crippen LogP contribution in [0.25, 0.3) is 0 Å². The van der Waals surface area contributed by atoms with Crippen LogP contribution in [-0.2, 0) is 15.1 Å². The molecule has 0 aromatic heterocycles. The molecule has 2 N–H and O–H groups in total. The predicted molar refractivity (Wildman–Crippen MR) is 93.9 cm³/mol. The Labute approximate surface area is 143 Å². The second-order valence-corrected chi connectivity index (χ2v) is 7.05. The summed E-state index contributed by atoms with van der Waals surface area (Å²) in [6.07, 6.45) is 1.85. The van der Waals surface area contributed by atoms with Gasteiger partial charge in [-0.1, -0.05) is 50.6 Å². The molecule has 3 rings (SSSR count). The summed E-state index contributed by atoms with van der Waals surface area (Å²) < 4.78 is 5.54. The lowest BCUT2D eigenvalue weighted by atomic mass is 9.74. The maximum atomic E-state index is 12.6. The maximum absolute atomic E-state index is 12.6. The largest absolute Gasteiger partial charge is 0.469 e. The zero-order chi connectivity index (χ0) is 17.0. The summed E-state index contributed by atoms with van der Waals surface area (Å²) in [6.45, 7) is 6.70. The van der Waals surface area contributed by atoms with E-state index in [1.807, 2.05) is 18.2 Å². The van der Waals surface area contributed by atoms with Gasteiger partial charge in [0.1, 0.15) is 0 Å². The van der Waals surface area contributed by atoms with E-state index in [4.69, 9.17) is 22.1 Å². The lowest BCUT2D eigenvalue weighted by Gasteiger charge is -2.41. The number of nitrogens with zero attached hydrogens (tertiary/aromatic N) is 1. The first-order valence-electron chi connectivity index (χ1n) is 8.15. The first-order chi connectivity index (χ1) is 10.9. The van der Waals surface area contributed by atoms with Gasteiger partial charge in [0, 0.05) is 10.6 Å². The Hall–Kier alpha value is -1.39. The molecule has 0 spiro atoms. The Balaban J connectivity index is 0.000000433. The molecule has 1 saturated carbocycles. The third kappa shape index (κ3) is 3.75. The van der Waals surface area contributed by atoms with Crippen LogP contribution >= 0.6 is 11.6 Å². The van der Waals surface area contributed by atoms with Crippen LogP contribution in [-0.4, -0.2) is 24.3 Å². The number of Topliss-reactive ketones (excluding diaryl/α,β-unsaturated/α-hetero) is 1. The fourth-order valence-electron chi connectivity index (χ4n) is 2.91. The number of aliphatic imine (C=N–C) groups is 1. The standard InChI is InChI=1S/C14H15ClN2O2.C4H10/c15-10-5-2-1-4-9(10)14-7-3-6-11(13(14)18)19-12(8-16)17-14;1-4(2)3/h1-2,4-5,11H,3,6-8,16H2;4H,1-3H3. The molecule has 1 aromatic rings. The number of rotatable bonds is 2. The first kappa shape index (κ1) is 18.0. The number of halogens is 1. The molecular weight excluding hydrogens is 312 g/mol. The van der Waals surface area contributed by atoms with Crippen LogP contribution in [0.3, 0.4) is 0 Å². The molecule has 1 aliphatic carbocycles. The summed E-state index contributed by atoms with van der Waals surface area (Å²) in [4.78, 5) is 17.1. The first-order valence-corrected chi connectivity index (χ1v) is 8.53. The van der Waals surface area contributed by atoms with Crippen molar-refractivity contribution in [2.45, 2.75) is 51.7 Å². The minimum Gasteiger partial charge on any atom is -0.469 e. The van der Waals surface area contributed by atoms with Crippen LogP contribution in [0.2, 0.25) is 5.02 Å². The number of hydrogen-bond acceptors (Lipinski definition) is 4. The number of ether oxygens (including phenoxy) is 1.